The van der Waals surface area contributed by atoms with Crippen LogP contribution in [0.3, 0.4) is 0 Å². The Morgan fingerprint density at radius 3 is 2.67 bits per heavy atom. The summed E-state index contributed by atoms with van der Waals surface area (Å²) in [5.74, 6) is -1.37. The van der Waals surface area contributed by atoms with Gasteiger partial charge in [-0.05, 0) is 25.8 Å². The molecule has 0 atom stereocenters. The van der Waals surface area contributed by atoms with E-state index in [4.69, 9.17) is 11.6 Å². The molecule has 2 heterocycles. The van der Waals surface area contributed by atoms with Crippen LogP contribution in [0.5, 0.6) is 0 Å². The number of halogens is 4. The first-order valence-electron chi connectivity index (χ1n) is 7.93. The summed E-state index contributed by atoms with van der Waals surface area (Å²) in [6.07, 6.45) is -3.31. The van der Waals surface area contributed by atoms with Gasteiger partial charge in [-0.2, -0.15) is 18.3 Å². The molecule has 11 heteroatoms. The third-order valence-corrected chi connectivity index (χ3v) is 5.31. The van der Waals surface area contributed by atoms with E-state index in [1.54, 1.807) is 13.0 Å². The molecule has 2 aromatic rings. The number of carbonyl (C=O) groups excluding carboxylic acids is 2. The van der Waals surface area contributed by atoms with Crippen LogP contribution in [0.15, 0.2) is 6.07 Å². The zero-order valence-corrected chi connectivity index (χ0v) is 15.9. The number of alkyl halides is 3. The van der Waals surface area contributed by atoms with E-state index < -0.39 is 35.3 Å². The van der Waals surface area contributed by atoms with Gasteiger partial charge in [0.1, 0.15) is 11.5 Å². The molecule has 27 heavy (non-hydrogen) atoms. The van der Waals surface area contributed by atoms with E-state index >= 15 is 0 Å². The van der Waals surface area contributed by atoms with Crippen molar-refractivity contribution in [3.05, 3.63) is 32.9 Å². The van der Waals surface area contributed by atoms with Crippen molar-refractivity contribution in [1.29, 1.82) is 0 Å². The predicted molar refractivity (Wildman–Crippen MR) is 93.2 cm³/mol. The maximum atomic E-state index is 13.1. The lowest BCUT2D eigenvalue weighted by Gasteiger charge is -2.08. The zero-order valence-electron chi connectivity index (χ0n) is 14.3. The van der Waals surface area contributed by atoms with Crippen molar-refractivity contribution in [2.24, 2.45) is 0 Å². The highest BCUT2D eigenvalue weighted by molar-refractivity contribution is 7.16. The molecule has 6 nitrogen and oxygen atoms in total. The highest BCUT2D eigenvalue weighted by Crippen LogP contribution is 2.46. The lowest BCUT2D eigenvalue weighted by Crippen LogP contribution is -2.21. The first-order chi connectivity index (χ1) is 12.6. The Kier molecular flexibility index (Phi) is 5.22. The van der Waals surface area contributed by atoms with Crippen molar-refractivity contribution in [3.8, 4) is 0 Å². The predicted octanol–water partition coefficient (Wildman–Crippen LogP) is 4.23. The summed E-state index contributed by atoms with van der Waals surface area (Å²) in [5, 5.41) is 5.87. The number of carbonyl (C=O) groups is 2. The topological polar surface area (TPSA) is 73.2 Å². The van der Waals surface area contributed by atoms with Crippen LogP contribution < -0.4 is 5.32 Å². The number of anilines is 1. The molecule has 1 fully saturated rings. The number of esters is 1. The van der Waals surface area contributed by atoms with Gasteiger partial charge in [0, 0.05) is 10.8 Å². The van der Waals surface area contributed by atoms with Gasteiger partial charge in [-0.25, -0.2) is 4.79 Å². The molecule has 0 aliphatic heterocycles. The van der Waals surface area contributed by atoms with Crippen LogP contribution >= 0.6 is 22.9 Å². The van der Waals surface area contributed by atoms with Crippen LogP contribution in [0.4, 0.5) is 18.2 Å². The minimum Gasteiger partial charge on any atom is -0.465 e. The van der Waals surface area contributed by atoms with E-state index in [-0.39, 0.29) is 22.2 Å². The molecule has 0 radical (unpaired) electrons. The lowest BCUT2D eigenvalue weighted by atomic mass is 10.2. The second-order valence-corrected chi connectivity index (χ2v) is 7.75. The minimum absolute atomic E-state index is 0.136. The molecule has 1 amide bonds. The van der Waals surface area contributed by atoms with E-state index in [0.29, 0.717) is 12.8 Å². The van der Waals surface area contributed by atoms with Crippen molar-refractivity contribution in [2.45, 2.75) is 38.4 Å². The number of hydrogen-bond acceptors (Lipinski definition) is 5. The van der Waals surface area contributed by atoms with Gasteiger partial charge in [-0.3, -0.25) is 9.48 Å². The third-order valence-electron chi connectivity index (χ3n) is 3.97. The highest BCUT2D eigenvalue weighted by Gasteiger charge is 2.42. The highest BCUT2D eigenvalue weighted by atomic mass is 35.5. The van der Waals surface area contributed by atoms with Crippen molar-refractivity contribution < 1.29 is 27.5 Å². The van der Waals surface area contributed by atoms with Gasteiger partial charge in [-0.1, -0.05) is 11.6 Å². The Balaban J connectivity index is 1.84. The summed E-state index contributed by atoms with van der Waals surface area (Å²) in [6, 6.07) is 1.56. The summed E-state index contributed by atoms with van der Waals surface area (Å²) in [7, 11) is 1.22. The van der Waals surface area contributed by atoms with Gasteiger partial charge < -0.3 is 10.1 Å². The second kappa shape index (κ2) is 7.16. The summed E-state index contributed by atoms with van der Waals surface area (Å²) in [4.78, 5) is 24.9. The molecule has 1 N–H and O–H groups in total. The maximum Gasteiger partial charge on any atom is 0.436 e. The number of hydrogen-bond donors (Lipinski definition) is 1. The molecule has 146 valence electrons. The van der Waals surface area contributed by atoms with E-state index in [1.165, 1.54) is 7.11 Å². The van der Waals surface area contributed by atoms with Crippen LogP contribution in [-0.4, -0.2) is 28.8 Å². The SMILES string of the molecule is COC(=O)c1cc(C)sc1NC(=O)Cn1nc(C(F)(F)F)c(Cl)c1C1CC1. The molecule has 1 aliphatic carbocycles. The second-order valence-electron chi connectivity index (χ2n) is 6.12. The van der Waals surface area contributed by atoms with Crippen LogP contribution in [0.1, 0.15) is 45.4 Å². The summed E-state index contributed by atoms with van der Waals surface area (Å²) < 4.78 is 44.9. The van der Waals surface area contributed by atoms with Gasteiger partial charge in [-0.15, -0.1) is 11.3 Å². The number of methoxy groups -OCH3 is 1. The molecule has 0 bridgehead atoms. The number of ether oxygens (including phenoxy) is 1. The number of rotatable bonds is 5. The van der Waals surface area contributed by atoms with Gasteiger partial charge in [0.2, 0.25) is 5.91 Å². The van der Waals surface area contributed by atoms with E-state index in [1.807, 2.05) is 0 Å². The zero-order chi connectivity index (χ0) is 19.9. The van der Waals surface area contributed by atoms with Crippen molar-refractivity contribution in [2.75, 3.05) is 12.4 Å². The molecular formula is C16H15ClF3N3O3S. The molecule has 2 aromatic heterocycles. The Morgan fingerprint density at radius 1 is 1.44 bits per heavy atom. The number of aryl methyl sites for hydroxylation is 1. The minimum atomic E-state index is -4.70. The number of nitrogens with zero attached hydrogens (tertiary/aromatic N) is 2. The smallest absolute Gasteiger partial charge is 0.436 e. The van der Waals surface area contributed by atoms with E-state index in [9.17, 15) is 22.8 Å². The Bertz CT molecular complexity index is 903. The quantitative estimate of drug-likeness (QED) is 0.733. The lowest BCUT2D eigenvalue weighted by molar-refractivity contribution is -0.141. The number of aromatic nitrogens is 2. The van der Waals surface area contributed by atoms with Gasteiger partial charge in [0.05, 0.1) is 23.4 Å². The fraction of sp³-hybridized carbons (Fsp3) is 0.438. The van der Waals surface area contributed by atoms with Crippen LogP contribution in [0, 0.1) is 6.92 Å². The monoisotopic (exact) mass is 421 g/mol. The van der Waals surface area contributed by atoms with Crippen molar-refractivity contribution in [3.63, 3.8) is 0 Å². The molecule has 0 spiro atoms. The van der Waals surface area contributed by atoms with E-state index in [0.717, 1.165) is 20.9 Å². The number of thiophene rings is 1. The fourth-order valence-corrected chi connectivity index (χ4v) is 3.98. The molecule has 0 unspecified atom stereocenters. The van der Waals surface area contributed by atoms with Gasteiger partial charge >= 0.3 is 12.1 Å². The Hall–Kier alpha value is -2.07. The first-order valence-corrected chi connectivity index (χ1v) is 9.13. The molecule has 1 aliphatic rings. The Labute approximate surface area is 161 Å². The summed E-state index contributed by atoms with van der Waals surface area (Å²) in [5.41, 5.74) is -0.791. The average molecular weight is 422 g/mol. The standard InChI is InChI=1S/C16H15ClF3N3O3S/c1-7-5-9(15(25)26-2)14(27-7)21-10(24)6-23-12(8-3-4-8)11(17)13(22-23)16(18,19)20/h5,8H,3-4,6H2,1-2H3,(H,21,24). The van der Waals surface area contributed by atoms with Crippen LogP contribution in [-0.2, 0) is 22.3 Å². The Morgan fingerprint density at radius 2 is 2.11 bits per heavy atom. The van der Waals surface area contributed by atoms with Crippen LogP contribution in [0.25, 0.3) is 0 Å². The maximum absolute atomic E-state index is 13.1. The largest absolute Gasteiger partial charge is 0.465 e. The van der Waals surface area contributed by atoms with Crippen molar-refractivity contribution >= 4 is 39.8 Å². The molecule has 3 rings (SSSR count). The van der Waals surface area contributed by atoms with Crippen LogP contribution in [0.2, 0.25) is 5.02 Å². The average Bonchev–Trinajstić information content (AvgIpc) is 3.25. The van der Waals surface area contributed by atoms with Gasteiger partial charge in [0.15, 0.2) is 5.69 Å². The van der Waals surface area contributed by atoms with E-state index in [2.05, 4.69) is 15.2 Å². The molecular weight excluding hydrogens is 407 g/mol. The van der Waals surface area contributed by atoms with Gasteiger partial charge in [0.25, 0.3) is 0 Å². The normalized spacial score (nSPS) is 14.3. The van der Waals surface area contributed by atoms with Crippen molar-refractivity contribution in [1.82, 2.24) is 9.78 Å². The summed E-state index contributed by atoms with van der Waals surface area (Å²) >= 11 is 7.05. The molecule has 0 saturated heterocycles. The number of amides is 1. The molecule has 0 aromatic carbocycles. The number of nitrogens with one attached hydrogen (secondary N) is 1. The fourth-order valence-electron chi connectivity index (χ4n) is 2.67. The third kappa shape index (κ3) is 4.11. The molecule has 1 saturated carbocycles. The summed E-state index contributed by atoms with van der Waals surface area (Å²) in [6.45, 7) is 1.31. The first kappa shape index (κ1) is 19.7.